The SMILES string of the molecule is CCCCCCCCCCCCCCCCCCC(=O)OCCCCCCCCCCCC/C=C\CCCCCCCCCC(=O)NC(CO)C(O)CCCCCCCCCCCCC. The molecule has 0 saturated heterocycles. The van der Waals surface area contributed by atoms with Gasteiger partial charge >= 0.3 is 5.97 Å². The molecule has 386 valence electrons. The Labute approximate surface area is 406 Å². The van der Waals surface area contributed by atoms with Gasteiger partial charge in [-0.25, -0.2) is 0 Å². The highest BCUT2D eigenvalue weighted by Crippen LogP contribution is 2.17. The van der Waals surface area contributed by atoms with E-state index < -0.39 is 12.1 Å². The standard InChI is InChI=1S/C59H115NO5/c1-3-5-7-9-11-13-15-16-17-26-29-33-37-41-45-49-53-59(64)65-54-50-46-42-38-34-30-27-24-22-20-18-19-21-23-25-28-32-36-40-44-48-52-58(63)60-56(55-61)57(62)51-47-43-39-35-31-14-12-10-8-6-4-2/h19,21,56-57,61-62H,3-18,20,22-55H2,1-2H3,(H,60,63)/b21-19-. The Balaban J connectivity index is 3.38. The zero-order chi connectivity index (χ0) is 47.2. The third-order valence-electron chi connectivity index (χ3n) is 13.8. The summed E-state index contributed by atoms with van der Waals surface area (Å²) in [6, 6.07) is -0.545. The van der Waals surface area contributed by atoms with Crippen LogP contribution in [-0.2, 0) is 14.3 Å². The molecule has 6 heteroatoms. The summed E-state index contributed by atoms with van der Waals surface area (Å²) in [5.74, 6) is -0.0306. The molecule has 6 nitrogen and oxygen atoms in total. The summed E-state index contributed by atoms with van der Waals surface area (Å²) in [4.78, 5) is 24.5. The van der Waals surface area contributed by atoms with Crippen molar-refractivity contribution in [3.8, 4) is 0 Å². The number of ether oxygens (including phenoxy) is 1. The van der Waals surface area contributed by atoms with Crippen molar-refractivity contribution in [1.82, 2.24) is 5.32 Å². The molecule has 0 aromatic carbocycles. The van der Waals surface area contributed by atoms with Crippen molar-refractivity contribution in [1.29, 1.82) is 0 Å². The van der Waals surface area contributed by atoms with Crippen LogP contribution in [-0.4, -0.2) is 47.4 Å². The van der Waals surface area contributed by atoms with E-state index >= 15 is 0 Å². The number of aliphatic hydroxyl groups is 2. The second-order valence-corrected chi connectivity index (χ2v) is 20.3. The lowest BCUT2D eigenvalue weighted by atomic mass is 10.0. The zero-order valence-electron chi connectivity index (χ0n) is 44.0. The Morgan fingerprint density at radius 2 is 0.723 bits per heavy atom. The van der Waals surface area contributed by atoms with E-state index in [1.807, 2.05) is 0 Å². The topological polar surface area (TPSA) is 95.9 Å². The lowest BCUT2D eigenvalue weighted by molar-refractivity contribution is -0.143. The van der Waals surface area contributed by atoms with Crippen molar-refractivity contribution in [3.63, 3.8) is 0 Å². The quantitative estimate of drug-likeness (QED) is 0.0321. The van der Waals surface area contributed by atoms with Gasteiger partial charge in [0, 0.05) is 12.8 Å². The molecule has 2 atom stereocenters. The van der Waals surface area contributed by atoms with E-state index in [2.05, 4.69) is 31.3 Å². The molecule has 0 aromatic heterocycles. The monoisotopic (exact) mass is 918 g/mol. The number of allylic oxidation sites excluding steroid dienone is 2. The molecule has 0 saturated carbocycles. The number of rotatable bonds is 55. The number of hydrogen-bond acceptors (Lipinski definition) is 5. The van der Waals surface area contributed by atoms with Crippen molar-refractivity contribution in [2.24, 2.45) is 0 Å². The number of amides is 1. The number of nitrogens with one attached hydrogen (secondary N) is 1. The molecular weight excluding hydrogens is 803 g/mol. The van der Waals surface area contributed by atoms with E-state index in [4.69, 9.17) is 4.74 Å². The molecule has 0 aliphatic heterocycles. The van der Waals surface area contributed by atoms with Crippen LogP contribution in [0.1, 0.15) is 328 Å². The average Bonchev–Trinajstić information content (AvgIpc) is 3.31. The van der Waals surface area contributed by atoms with Crippen LogP contribution in [0.15, 0.2) is 12.2 Å². The van der Waals surface area contributed by atoms with Gasteiger partial charge in [-0.05, 0) is 51.4 Å². The van der Waals surface area contributed by atoms with Crippen LogP contribution >= 0.6 is 0 Å². The molecule has 0 aromatic rings. The van der Waals surface area contributed by atoms with Crippen molar-refractivity contribution in [3.05, 3.63) is 12.2 Å². The molecule has 2 unspecified atom stereocenters. The molecule has 0 aliphatic rings. The summed E-state index contributed by atoms with van der Waals surface area (Å²) in [6.07, 6.45) is 65.0. The molecule has 0 heterocycles. The minimum absolute atomic E-state index is 0.0120. The fourth-order valence-corrected chi connectivity index (χ4v) is 9.28. The van der Waals surface area contributed by atoms with E-state index in [1.165, 1.54) is 257 Å². The van der Waals surface area contributed by atoms with Gasteiger partial charge in [0.15, 0.2) is 0 Å². The smallest absolute Gasteiger partial charge is 0.305 e. The maximum absolute atomic E-state index is 12.4. The van der Waals surface area contributed by atoms with Crippen molar-refractivity contribution in [2.45, 2.75) is 341 Å². The van der Waals surface area contributed by atoms with Gasteiger partial charge in [-0.15, -0.1) is 0 Å². The third kappa shape index (κ3) is 51.8. The first-order valence-electron chi connectivity index (χ1n) is 29.4. The van der Waals surface area contributed by atoms with Crippen molar-refractivity contribution < 1.29 is 24.5 Å². The van der Waals surface area contributed by atoms with E-state index in [9.17, 15) is 19.8 Å². The van der Waals surface area contributed by atoms with Crippen molar-refractivity contribution >= 4 is 11.9 Å². The maximum Gasteiger partial charge on any atom is 0.305 e. The fourth-order valence-electron chi connectivity index (χ4n) is 9.28. The molecule has 3 N–H and O–H groups in total. The van der Waals surface area contributed by atoms with Crippen LogP contribution in [0, 0.1) is 0 Å². The van der Waals surface area contributed by atoms with Crippen molar-refractivity contribution in [2.75, 3.05) is 13.2 Å². The van der Waals surface area contributed by atoms with Crippen LogP contribution in [0.3, 0.4) is 0 Å². The van der Waals surface area contributed by atoms with Crippen LogP contribution in [0.25, 0.3) is 0 Å². The van der Waals surface area contributed by atoms with E-state index in [0.29, 0.717) is 25.9 Å². The number of hydrogen-bond donors (Lipinski definition) is 3. The van der Waals surface area contributed by atoms with E-state index in [0.717, 1.165) is 38.5 Å². The average molecular weight is 919 g/mol. The van der Waals surface area contributed by atoms with Gasteiger partial charge in [0.1, 0.15) is 0 Å². The second-order valence-electron chi connectivity index (χ2n) is 20.3. The van der Waals surface area contributed by atoms with E-state index in [-0.39, 0.29) is 18.5 Å². The predicted octanol–water partition coefficient (Wildman–Crippen LogP) is 18.1. The van der Waals surface area contributed by atoms with Gasteiger partial charge in [0.25, 0.3) is 0 Å². The second kappa shape index (κ2) is 55.2. The molecule has 0 fully saturated rings. The van der Waals surface area contributed by atoms with Crippen LogP contribution < -0.4 is 5.32 Å². The first-order chi connectivity index (χ1) is 32.0. The molecule has 0 bridgehead atoms. The first kappa shape index (κ1) is 63.6. The lowest BCUT2D eigenvalue weighted by Gasteiger charge is -2.22. The van der Waals surface area contributed by atoms with Gasteiger partial charge in [0.05, 0.1) is 25.4 Å². The first-order valence-corrected chi connectivity index (χ1v) is 29.4. The number of esters is 1. The van der Waals surface area contributed by atoms with Gasteiger partial charge < -0.3 is 20.3 Å². The van der Waals surface area contributed by atoms with Crippen LogP contribution in [0.5, 0.6) is 0 Å². The number of carbonyl (C=O) groups is 2. The maximum atomic E-state index is 12.4. The van der Waals surface area contributed by atoms with Crippen LogP contribution in [0.4, 0.5) is 0 Å². The molecule has 0 rings (SSSR count). The third-order valence-corrected chi connectivity index (χ3v) is 13.8. The Hall–Kier alpha value is -1.40. The molecule has 65 heavy (non-hydrogen) atoms. The minimum Gasteiger partial charge on any atom is -0.466 e. The Morgan fingerprint density at radius 1 is 0.415 bits per heavy atom. The van der Waals surface area contributed by atoms with Gasteiger partial charge in [-0.3, -0.25) is 9.59 Å². The van der Waals surface area contributed by atoms with Crippen LogP contribution in [0.2, 0.25) is 0 Å². The highest BCUT2D eigenvalue weighted by Gasteiger charge is 2.20. The molecular formula is C59H115NO5. The van der Waals surface area contributed by atoms with Gasteiger partial charge in [-0.2, -0.15) is 0 Å². The largest absolute Gasteiger partial charge is 0.466 e. The molecule has 0 radical (unpaired) electrons. The summed E-state index contributed by atoms with van der Waals surface area (Å²) < 4.78 is 5.49. The molecule has 1 amide bonds. The minimum atomic E-state index is -0.667. The number of carbonyl (C=O) groups excluding carboxylic acids is 2. The zero-order valence-corrected chi connectivity index (χ0v) is 44.0. The Kier molecular flexibility index (Phi) is 54.0. The van der Waals surface area contributed by atoms with E-state index in [1.54, 1.807) is 0 Å². The summed E-state index contributed by atoms with van der Waals surface area (Å²) >= 11 is 0. The van der Waals surface area contributed by atoms with Gasteiger partial charge in [0.2, 0.25) is 5.91 Å². The summed E-state index contributed by atoms with van der Waals surface area (Å²) in [6.45, 7) is 4.96. The Bertz CT molecular complexity index is 970. The number of aliphatic hydroxyl groups excluding tert-OH is 2. The highest BCUT2D eigenvalue weighted by atomic mass is 16.5. The lowest BCUT2D eigenvalue weighted by Crippen LogP contribution is -2.45. The Morgan fingerprint density at radius 3 is 1.09 bits per heavy atom. The normalized spacial score (nSPS) is 12.6. The highest BCUT2D eigenvalue weighted by molar-refractivity contribution is 5.76. The summed E-state index contributed by atoms with van der Waals surface area (Å²) in [7, 11) is 0. The fraction of sp³-hybridized carbons (Fsp3) is 0.932. The van der Waals surface area contributed by atoms with Gasteiger partial charge in [-0.1, -0.05) is 276 Å². The predicted molar refractivity (Wildman–Crippen MR) is 283 cm³/mol. The number of unbranched alkanes of at least 4 members (excludes halogenated alkanes) is 42. The summed E-state index contributed by atoms with van der Waals surface area (Å²) in [5.41, 5.74) is 0. The molecule has 0 aliphatic carbocycles. The molecule has 0 spiro atoms. The summed E-state index contributed by atoms with van der Waals surface area (Å²) in [5, 5.41) is 23.2.